The number of aliphatic imine (C=N–C) groups is 1. The van der Waals surface area contributed by atoms with Crippen molar-refractivity contribution in [3.8, 4) is 5.75 Å². The number of hydrogen-bond donors (Lipinski definition) is 0. The average molecular weight is 279 g/mol. The molecule has 0 spiro atoms. The molecule has 0 fully saturated rings. The molecule has 0 N–H and O–H groups in total. The normalized spacial score (nSPS) is 13.3. The van der Waals surface area contributed by atoms with Crippen molar-refractivity contribution in [1.82, 2.24) is 0 Å². The summed E-state index contributed by atoms with van der Waals surface area (Å²) in [5.74, 6) is 0.460. The van der Waals surface area contributed by atoms with Crippen LogP contribution in [-0.4, -0.2) is 33.7 Å². The van der Waals surface area contributed by atoms with Crippen LogP contribution < -0.4 is 4.74 Å². The Morgan fingerprint density at radius 3 is 2.53 bits per heavy atom. The third kappa shape index (κ3) is 5.26. The van der Waals surface area contributed by atoms with Gasteiger partial charge >= 0.3 is 5.97 Å². The molecule has 0 amide bonds. The van der Waals surface area contributed by atoms with Crippen LogP contribution in [0.5, 0.6) is 5.75 Å². The fourth-order valence-electron chi connectivity index (χ4n) is 1.41. The summed E-state index contributed by atoms with van der Waals surface area (Å²) in [6, 6.07) is 7.02. The molecule has 0 saturated heterocycles. The molecule has 0 radical (unpaired) electrons. The van der Waals surface area contributed by atoms with E-state index in [1.54, 1.807) is 20.2 Å². The number of carbonyl (C=O) groups excluding carboxylic acids is 1. The number of nitrogens with zero attached hydrogens (tertiary/aromatic N) is 1. The zero-order chi connectivity index (χ0) is 14.5. The van der Waals surface area contributed by atoms with Gasteiger partial charge in [0, 0.05) is 11.8 Å². The van der Waals surface area contributed by atoms with Gasteiger partial charge in [0.15, 0.2) is 0 Å². The summed E-state index contributed by atoms with van der Waals surface area (Å²) in [6.45, 7) is 7.65. The van der Waals surface area contributed by atoms with Crippen LogP contribution in [0.2, 0.25) is 19.6 Å². The lowest BCUT2D eigenvalue weighted by Gasteiger charge is -2.18. The summed E-state index contributed by atoms with van der Waals surface area (Å²) in [5, 5.41) is 0. The smallest absolute Gasteiger partial charge is 0.317 e. The maximum absolute atomic E-state index is 11.8. The molecule has 1 unspecified atom stereocenters. The zero-order valence-electron chi connectivity index (χ0n) is 12.1. The van der Waals surface area contributed by atoms with Crippen LogP contribution in [0.4, 0.5) is 0 Å². The Balaban J connectivity index is 2.73. The van der Waals surface area contributed by atoms with Gasteiger partial charge in [0.05, 0.1) is 7.11 Å². The third-order valence-electron chi connectivity index (χ3n) is 2.32. The van der Waals surface area contributed by atoms with Crippen LogP contribution in [0.1, 0.15) is 12.5 Å². The van der Waals surface area contributed by atoms with Crippen LogP contribution in [0.15, 0.2) is 29.3 Å². The van der Waals surface area contributed by atoms with Crippen molar-refractivity contribution in [1.29, 1.82) is 0 Å². The molecular formula is C14H21NO3Si. The van der Waals surface area contributed by atoms with Gasteiger partial charge in [0.2, 0.25) is 8.32 Å². The molecule has 0 heterocycles. The first-order chi connectivity index (χ1) is 8.83. The highest BCUT2D eigenvalue weighted by Gasteiger charge is 2.23. The lowest BCUT2D eigenvalue weighted by atomic mass is 10.2. The molecule has 0 aromatic heterocycles. The second-order valence-corrected chi connectivity index (χ2v) is 9.66. The Bertz CT molecular complexity index is 466. The monoisotopic (exact) mass is 279 g/mol. The first-order valence-electron chi connectivity index (χ1n) is 6.22. The van der Waals surface area contributed by atoms with Crippen molar-refractivity contribution in [3.63, 3.8) is 0 Å². The molecule has 1 aromatic rings. The first kappa shape index (κ1) is 15.4. The fraction of sp³-hybridized carbons (Fsp3) is 0.429. The predicted octanol–water partition coefficient (Wildman–Crippen LogP) is 2.88. The number of ether oxygens (including phenoxy) is 1. The van der Waals surface area contributed by atoms with Gasteiger partial charge in [0.1, 0.15) is 11.8 Å². The molecule has 0 saturated carbocycles. The summed E-state index contributed by atoms with van der Waals surface area (Å²) >= 11 is 0. The highest BCUT2D eigenvalue weighted by atomic mass is 28.4. The van der Waals surface area contributed by atoms with E-state index >= 15 is 0 Å². The Morgan fingerprint density at radius 2 is 1.95 bits per heavy atom. The highest BCUT2D eigenvalue weighted by Crippen LogP contribution is 2.15. The Hall–Kier alpha value is -1.62. The summed E-state index contributed by atoms with van der Waals surface area (Å²) in [4.78, 5) is 16.0. The summed E-state index contributed by atoms with van der Waals surface area (Å²) in [6.07, 6.45) is 1.65. The van der Waals surface area contributed by atoms with E-state index in [-0.39, 0.29) is 5.97 Å². The van der Waals surface area contributed by atoms with Crippen molar-refractivity contribution < 1.29 is 14.0 Å². The number of hydrogen-bond acceptors (Lipinski definition) is 4. The van der Waals surface area contributed by atoms with E-state index in [1.165, 1.54) is 0 Å². The van der Waals surface area contributed by atoms with E-state index in [0.717, 1.165) is 11.3 Å². The van der Waals surface area contributed by atoms with Crippen molar-refractivity contribution in [2.45, 2.75) is 32.6 Å². The van der Waals surface area contributed by atoms with Crippen LogP contribution in [0, 0.1) is 0 Å². The molecule has 0 bridgehead atoms. The standard InChI is InChI=1S/C14H21NO3Si/c1-11(14(16)18-19(3,4)5)15-10-12-8-6-7-9-13(12)17-2/h6-11H,1-5H3. The highest BCUT2D eigenvalue weighted by molar-refractivity contribution is 6.71. The number of carbonyl (C=O) groups is 1. The van der Waals surface area contributed by atoms with Crippen molar-refractivity contribution in [2.75, 3.05) is 7.11 Å². The summed E-state index contributed by atoms with van der Waals surface area (Å²) < 4.78 is 10.6. The van der Waals surface area contributed by atoms with E-state index in [0.29, 0.717) is 0 Å². The van der Waals surface area contributed by atoms with Crippen LogP contribution in [0.3, 0.4) is 0 Å². The van der Waals surface area contributed by atoms with Crippen molar-refractivity contribution in [3.05, 3.63) is 29.8 Å². The molecule has 0 aliphatic rings. The molecular weight excluding hydrogens is 258 g/mol. The largest absolute Gasteiger partial charge is 0.518 e. The van der Waals surface area contributed by atoms with Gasteiger partial charge in [-0.1, -0.05) is 12.1 Å². The average Bonchev–Trinajstić information content (AvgIpc) is 2.34. The Morgan fingerprint density at radius 1 is 1.32 bits per heavy atom. The first-order valence-corrected chi connectivity index (χ1v) is 9.63. The quantitative estimate of drug-likeness (QED) is 0.615. The molecule has 19 heavy (non-hydrogen) atoms. The third-order valence-corrected chi connectivity index (χ3v) is 3.14. The zero-order valence-corrected chi connectivity index (χ0v) is 13.1. The summed E-state index contributed by atoms with van der Waals surface area (Å²) in [5.41, 5.74) is 0.845. The minimum Gasteiger partial charge on any atom is -0.518 e. The van der Waals surface area contributed by atoms with E-state index in [9.17, 15) is 4.79 Å². The maximum Gasteiger partial charge on any atom is 0.317 e. The molecule has 104 valence electrons. The topological polar surface area (TPSA) is 47.9 Å². The van der Waals surface area contributed by atoms with Crippen LogP contribution >= 0.6 is 0 Å². The SMILES string of the molecule is COc1ccccc1C=NC(C)C(=O)O[Si](C)(C)C. The summed E-state index contributed by atoms with van der Waals surface area (Å²) in [7, 11) is -0.251. The number of benzene rings is 1. The number of para-hydroxylation sites is 1. The van der Waals surface area contributed by atoms with Crippen molar-refractivity contribution >= 4 is 20.5 Å². The van der Waals surface area contributed by atoms with Gasteiger partial charge in [-0.05, 0) is 38.7 Å². The van der Waals surface area contributed by atoms with Crippen LogP contribution in [-0.2, 0) is 9.22 Å². The molecule has 0 aliphatic carbocycles. The Labute approximate surface area is 115 Å². The number of methoxy groups -OCH3 is 1. The van der Waals surface area contributed by atoms with E-state index in [4.69, 9.17) is 9.16 Å². The second-order valence-electron chi connectivity index (χ2n) is 5.23. The van der Waals surface area contributed by atoms with Gasteiger partial charge in [-0.3, -0.25) is 9.79 Å². The lowest BCUT2D eigenvalue weighted by Crippen LogP contribution is -2.33. The van der Waals surface area contributed by atoms with E-state index in [2.05, 4.69) is 4.99 Å². The van der Waals surface area contributed by atoms with Gasteiger partial charge in [0.25, 0.3) is 0 Å². The molecule has 1 rings (SSSR count). The van der Waals surface area contributed by atoms with E-state index < -0.39 is 14.4 Å². The lowest BCUT2D eigenvalue weighted by molar-refractivity contribution is -0.136. The molecule has 4 nitrogen and oxygen atoms in total. The Kier molecular flexibility index (Phi) is 5.29. The molecule has 1 aromatic carbocycles. The van der Waals surface area contributed by atoms with Gasteiger partial charge in [-0.25, -0.2) is 0 Å². The molecule has 0 aliphatic heterocycles. The molecule has 1 atom stereocenters. The van der Waals surface area contributed by atoms with Crippen molar-refractivity contribution in [2.24, 2.45) is 4.99 Å². The second kappa shape index (κ2) is 6.52. The maximum atomic E-state index is 11.8. The number of rotatable bonds is 5. The van der Waals surface area contributed by atoms with Gasteiger partial charge < -0.3 is 9.16 Å². The predicted molar refractivity (Wildman–Crippen MR) is 79.5 cm³/mol. The molecule has 5 heteroatoms. The van der Waals surface area contributed by atoms with Gasteiger partial charge in [-0.2, -0.15) is 0 Å². The minimum absolute atomic E-state index is 0.273. The van der Waals surface area contributed by atoms with E-state index in [1.807, 2.05) is 43.9 Å². The van der Waals surface area contributed by atoms with Crippen LogP contribution in [0.25, 0.3) is 0 Å². The fourth-order valence-corrected chi connectivity index (χ4v) is 2.19. The van der Waals surface area contributed by atoms with Gasteiger partial charge in [-0.15, -0.1) is 0 Å². The minimum atomic E-state index is -1.86.